The third kappa shape index (κ3) is 4.87. The van der Waals surface area contributed by atoms with Gasteiger partial charge in [0.1, 0.15) is 6.10 Å². The van der Waals surface area contributed by atoms with Gasteiger partial charge in [0, 0.05) is 12.8 Å². The molecule has 0 aliphatic carbocycles. The topological polar surface area (TPSA) is 47.6 Å². The van der Waals surface area contributed by atoms with Crippen LogP contribution < -0.4 is 14.8 Å². The Balaban J connectivity index is 2.66. The summed E-state index contributed by atoms with van der Waals surface area (Å²) >= 11 is 1.81. The number of carbonyl (C=O) groups excluding carboxylic acids is 1. The van der Waals surface area contributed by atoms with Crippen LogP contribution in [0.15, 0.2) is 24.3 Å². The van der Waals surface area contributed by atoms with Crippen LogP contribution in [0.4, 0.5) is 4.79 Å². The highest BCUT2D eigenvalue weighted by atomic mass is 32.2. The fourth-order valence-corrected chi connectivity index (χ4v) is 1.95. The highest BCUT2D eigenvalue weighted by Gasteiger charge is 2.11. The Hall–Kier alpha value is -1.36. The van der Waals surface area contributed by atoms with Crippen LogP contribution in [0.1, 0.15) is 13.8 Å². The summed E-state index contributed by atoms with van der Waals surface area (Å²) in [5.74, 6) is 2.99. The highest BCUT2D eigenvalue weighted by Crippen LogP contribution is 2.27. The van der Waals surface area contributed by atoms with E-state index in [-0.39, 0.29) is 6.10 Å². The lowest BCUT2D eigenvalue weighted by Gasteiger charge is -2.16. The first-order valence-electron chi connectivity index (χ1n) is 5.90. The fourth-order valence-electron chi connectivity index (χ4n) is 1.32. The van der Waals surface area contributed by atoms with E-state index in [1.54, 1.807) is 18.2 Å². The van der Waals surface area contributed by atoms with Crippen LogP contribution in [-0.4, -0.2) is 30.8 Å². The maximum atomic E-state index is 11.2. The van der Waals surface area contributed by atoms with Crippen LogP contribution in [0.2, 0.25) is 0 Å². The van der Waals surface area contributed by atoms with Gasteiger partial charge in [-0.25, -0.2) is 4.79 Å². The molecular formula is C13H19NO3S. The molecule has 5 heteroatoms. The first-order chi connectivity index (χ1) is 8.67. The molecule has 1 N–H and O–H groups in total. The molecule has 4 nitrogen and oxygen atoms in total. The molecule has 18 heavy (non-hydrogen) atoms. The number of benzene rings is 1. The van der Waals surface area contributed by atoms with E-state index in [0.717, 1.165) is 11.5 Å². The molecule has 1 rings (SSSR count). The standard InChI is InChI=1S/C13H19NO3S/c1-4-18-9-10(2)16-11-7-5-6-8-12(11)17-13(15)14-3/h5-8,10H,4,9H2,1-3H3,(H,14,15). The van der Waals surface area contributed by atoms with E-state index in [2.05, 4.69) is 12.2 Å². The Kier molecular flexibility index (Phi) is 6.43. The molecule has 0 bridgehead atoms. The van der Waals surface area contributed by atoms with E-state index in [9.17, 15) is 4.79 Å². The van der Waals surface area contributed by atoms with Crippen molar-refractivity contribution in [2.24, 2.45) is 0 Å². The van der Waals surface area contributed by atoms with Crippen molar-refractivity contribution in [3.63, 3.8) is 0 Å². The monoisotopic (exact) mass is 269 g/mol. The Bertz CT molecular complexity index is 384. The molecule has 0 fully saturated rings. The Labute approximate surface area is 112 Å². The number of nitrogens with one attached hydrogen (secondary N) is 1. The lowest BCUT2D eigenvalue weighted by atomic mass is 10.3. The van der Waals surface area contributed by atoms with E-state index in [1.807, 2.05) is 24.8 Å². The minimum absolute atomic E-state index is 0.0735. The molecule has 1 atom stereocenters. The van der Waals surface area contributed by atoms with Gasteiger partial charge in [0.2, 0.25) is 0 Å². The predicted molar refractivity (Wildman–Crippen MR) is 74.6 cm³/mol. The van der Waals surface area contributed by atoms with Crippen LogP contribution in [0.3, 0.4) is 0 Å². The maximum Gasteiger partial charge on any atom is 0.412 e. The first-order valence-corrected chi connectivity index (χ1v) is 7.05. The normalized spacial score (nSPS) is 11.7. The van der Waals surface area contributed by atoms with Gasteiger partial charge in [-0.15, -0.1) is 0 Å². The second-order valence-electron chi connectivity index (χ2n) is 3.67. The van der Waals surface area contributed by atoms with Crippen LogP contribution in [0.25, 0.3) is 0 Å². The Morgan fingerprint density at radius 3 is 2.67 bits per heavy atom. The van der Waals surface area contributed by atoms with Crippen molar-refractivity contribution >= 4 is 17.9 Å². The van der Waals surface area contributed by atoms with Gasteiger partial charge in [-0.05, 0) is 24.8 Å². The SMILES string of the molecule is CCSCC(C)Oc1ccccc1OC(=O)NC. The highest BCUT2D eigenvalue weighted by molar-refractivity contribution is 7.99. The molecule has 0 aliphatic rings. The Morgan fingerprint density at radius 1 is 1.39 bits per heavy atom. The van der Waals surface area contributed by atoms with Crippen LogP contribution in [-0.2, 0) is 0 Å². The number of ether oxygens (including phenoxy) is 2. The number of carbonyl (C=O) groups is 1. The molecule has 0 saturated carbocycles. The number of hydrogen-bond donors (Lipinski definition) is 1. The summed E-state index contributed by atoms with van der Waals surface area (Å²) in [7, 11) is 1.52. The van der Waals surface area contributed by atoms with E-state index in [1.165, 1.54) is 7.05 Å². The fraction of sp³-hybridized carbons (Fsp3) is 0.462. The number of hydrogen-bond acceptors (Lipinski definition) is 4. The van der Waals surface area contributed by atoms with Gasteiger partial charge in [-0.3, -0.25) is 0 Å². The zero-order valence-corrected chi connectivity index (χ0v) is 11.8. The summed E-state index contributed by atoms with van der Waals surface area (Å²) in [6, 6.07) is 7.16. The number of amides is 1. The zero-order chi connectivity index (χ0) is 13.4. The molecular weight excluding hydrogens is 250 g/mol. The molecule has 0 saturated heterocycles. The average molecular weight is 269 g/mol. The molecule has 0 aliphatic heterocycles. The number of para-hydroxylation sites is 2. The molecule has 1 unspecified atom stereocenters. The van der Waals surface area contributed by atoms with Crippen molar-refractivity contribution < 1.29 is 14.3 Å². The number of thioether (sulfide) groups is 1. The zero-order valence-electron chi connectivity index (χ0n) is 10.9. The van der Waals surface area contributed by atoms with Gasteiger partial charge in [0.25, 0.3) is 0 Å². The molecule has 0 heterocycles. The van der Waals surface area contributed by atoms with Gasteiger partial charge < -0.3 is 14.8 Å². The summed E-state index contributed by atoms with van der Waals surface area (Å²) in [5.41, 5.74) is 0. The van der Waals surface area contributed by atoms with Crippen molar-refractivity contribution in [2.45, 2.75) is 20.0 Å². The van der Waals surface area contributed by atoms with Gasteiger partial charge in [-0.2, -0.15) is 11.8 Å². The minimum Gasteiger partial charge on any atom is -0.486 e. The second kappa shape index (κ2) is 7.87. The summed E-state index contributed by atoms with van der Waals surface area (Å²) in [6.07, 6.45) is -0.425. The van der Waals surface area contributed by atoms with E-state index < -0.39 is 6.09 Å². The van der Waals surface area contributed by atoms with Crippen LogP contribution in [0, 0.1) is 0 Å². The minimum atomic E-state index is -0.498. The van der Waals surface area contributed by atoms with E-state index in [4.69, 9.17) is 9.47 Å². The largest absolute Gasteiger partial charge is 0.486 e. The van der Waals surface area contributed by atoms with Crippen molar-refractivity contribution in [1.29, 1.82) is 0 Å². The second-order valence-corrected chi connectivity index (χ2v) is 4.99. The van der Waals surface area contributed by atoms with Gasteiger partial charge in [0.15, 0.2) is 11.5 Å². The molecule has 1 aromatic carbocycles. The van der Waals surface area contributed by atoms with Crippen molar-refractivity contribution in [2.75, 3.05) is 18.6 Å². The van der Waals surface area contributed by atoms with Crippen molar-refractivity contribution in [1.82, 2.24) is 5.32 Å². The van der Waals surface area contributed by atoms with Crippen molar-refractivity contribution in [3.8, 4) is 11.5 Å². The van der Waals surface area contributed by atoms with Crippen LogP contribution in [0.5, 0.6) is 11.5 Å². The summed E-state index contributed by atoms with van der Waals surface area (Å²) in [5, 5.41) is 2.41. The molecule has 1 amide bonds. The van der Waals surface area contributed by atoms with Gasteiger partial charge >= 0.3 is 6.09 Å². The maximum absolute atomic E-state index is 11.2. The number of rotatable bonds is 6. The smallest absolute Gasteiger partial charge is 0.412 e. The quantitative estimate of drug-likeness (QED) is 0.862. The predicted octanol–water partition coefficient (Wildman–Crippen LogP) is 2.93. The summed E-state index contributed by atoms with van der Waals surface area (Å²) in [6.45, 7) is 4.11. The third-order valence-electron chi connectivity index (χ3n) is 2.14. The first kappa shape index (κ1) is 14.7. The van der Waals surface area contributed by atoms with Gasteiger partial charge in [0.05, 0.1) is 0 Å². The molecule has 0 aromatic heterocycles. The lowest BCUT2D eigenvalue weighted by Crippen LogP contribution is -2.23. The third-order valence-corrected chi connectivity index (χ3v) is 3.25. The van der Waals surface area contributed by atoms with Crippen molar-refractivity contribution in [3.05, 3.63) is 24.3 Å². The average Bonchev–Trinajstić information content (AvgIpc) is 2.38. The molecule has 0 radical (unpaired) electrons. The molecule has 100 valence electrons. The summed E-state index contributed by atoms with van der Waals surface area (Å²) < 4.78 is 10.9. The molecule has 1 aromatic rings. The lowest BCUT2D eigenvalue weighted by molar-refractivity contribution is 0.194. The summed E-state index contributed by atoms with van der Waals surface area (Å²) in [4.78, 5) is 11.2. The van der Waals surface area contributed by atoms with E-state index >= 15 is 0 Å². The van der Waals surface area contributed by atoms with E-state index in [0.29, 0.717) is 11.5 Å². The molecule has 0 spiro atoms. The van der Waals surface area contributed by atoms with Crippen LogP contribution >= 0.6 is 11.8 Å². The Morgan fingerprint density at radius 2 is 2.06 bits per heavy atom. The van der Waals surface area contributed by atoms with Gasteiger partial charge in [-0.1, -0.05) is 19.1 Å².